The van der Waals surface area contributed by atoms with Crippen LogP contribution in [0.15, 0.2) is 95.2 Å². The lowest BCUT2D eigenvalue weighted by atomic mass is 9.45. The van der Waals surface area contributed by atoms with Crippen molar-refractivity contribution in [1.82, 2.24) is 16.0 Å². The lowest BCUT2D eigenvalue weighted by Crippen LogP contribution is -2.65. The van der Waals surface area contributed by atoms with Gasteiger partial charge >= 0.3 is 0 Å². The molecule has 1 aromatic carbocycles. The van der Waals surface area contributed by atoms with Gasteiger partial charge < -0.3 is 56.1 Å². The van der Waals surface area contributed by atoms with Crippen molar-refractivity contribution < 1.29 is 44.9 Å². The van der Waals surface area contributed by atoms with Gasteiger partial charge in [-0.25, -0.2) is 0 Å². The first-order valence-corrected chi connectivity index (χ1v) is 28.5. The maximum Gasteiger partial charge on any atom is 0.145 e. The third kappa shape index (κ3) is 12.6. The van der Waals surface area contributed by atoms with Gasteiger partial charge in [0.1, 0.15) is 12.4 Å². The van der Waals surface area contributed by atoms with Gasteiger partial charge in [-0.15, -0.1) is 0 Å². The van der Waals surface area contributed by atoms with Crippen LogP contribution in [0.5, 0.6) is 0 Å². The van der Waals surface area contributed by atoms with E-state index in [0.29, 0.717) is 69.3 Å². The molecule has 74 heavy (non-hydrogen) atoms. The fraction of sp³-hybridized carbons (Fsp3) is 0.694. The summed E-state index contributed by atoms with van der Waals surface area (Å²) in [7, 11) is 3.68. The summed E-state index contributed by atoms with van der Waals surface area (Å²) >= 11 is 0. The van der Waals surface area contributed by atoms with Crippen molar-refractivity contribution in [3.05, 3.63) is 106 Å². The van der Waals surface area contributed by atoms with Gasteiger partial charge in [0.15, 0.2) is 0 Å². The van der Waals surface area contributed by atoms with Gasteiger partial charge in [-0.05, 0) is 164 Å². The predicted molar refractivity (Wildman–Crippen MR) is 294 cm³/mol. The molecule has 6 aliphatic rings. The minimum Gasteiger partial charge on any atom is -0.396 e. The summed E-state index contributed by atoms with van der Waals surface area (Å²) in [6, 6.07) is 9.81. The van der Waals surface area contributed by atoms with Gasteiger partial charge in [-0.2, -0.15) is 0 Å². The van der Waals surface area contributed by atoms with Crippen molar-refractivity contribution in [2.24, 2.45) is 40.9 Å². The van der Waals surface area contributed by atoms with Crippen molar-refractivity contribution >= 4 is 6.29 Å². The first kappa shape index (κ1) is 58.6. The number of fused-ring (bicyclic) bond motifs is 6. The van der Waals surface area contributed by atoms with Gasteiger partial charge in [-0.1, -0.05) is 103 Å². The van der Waals surface area contributed by atoms with Crippen molar-refractivity contribution in [3.8, 4) is 0 Å². The van der Waals surface area contributed by atoms with Crippen molar-refractivity contribution in [3.63, 3.8) is 0 Å². The van der Waals surface area contributed by atoms with E-state index in [9.17, 15) is 35.4 Å². The Kier molecular flexibility index (Phi) is 21.0. The number of hydrogen-bond acceptors (Lipinski definition) is 12. The molecule has 0 aromatic heterocycles. The van der Waals surface area contributed by atoms with E-state index in [2.05, 4.69) is 77.5 Å². The quantitative estimate of drug-likeness (QED) is 0.0248. The minimum absolute atomic E-state index is 0.0593. The van der Waals surface area contributed by atoms with Crippen LogP contribution in [-0.4, -0.2) is 139 Å². The van der Waals surface area contributed by atoms with Crippen LogP contribution >= 0.6 is 0 Å². The molecule has 4 bridgehead atoms. The molecule has 5 aliphatic carbocycles. The Bertz CT molecular complexity index is 2180. The van der Waals surface area contributed by atoms with Crippen molar-refractivity contribution in [2.75, 3.05) is 66.8 Å². The molecule has 12 heteroatoms. The standard InChI is InChI=1S/C62H95N3O9/c1-42-18-21-55(59(24-7-8-25-59)50-15-10-13-46(32-50)34-60(65-36-42,28-31-73-6)51-16-11-17-52(33-51)64-37-45(4)69)43(2)12-9-14-49(40-74-41-53(70)39-68)54-22-26-62(58(54)71)57-47(23-30-66)19-20-48(56(57)44(3)38-67)35-61(62,72)27-29-63-5/h9-10,12-15,18-20,32,38,45,47-48,51-55,57-58,63-66,68-72H,2,7-8,11,16-17,21-31,33-37,39-41H2,1,3-6H3/b12-9+,42-18+,49-14-,56-44?/t45-,47+,48-,51-,52-,53+,54-,55-,57-,58+,60-,61+,62+/m0/s1. The lowest BCUT2D eigenvalue weighted by Gasteiger charge is -2.61. The zero-order valence-corrected chi connectivity index (χ0v) is 45.7. The summed E-state index contributed by atoms with van der Waals surface area (Å²) in [6.07, 6.45) is 25.2. The second kappa shape index (κ2) is 26.5. The number of nitrogens with one attached hydrogen (secondary N) is 3. The van der Waals surface area contributed by atoms with E-state index in [1.807, 2.05) is 34.1 Å². The number of hydrogen-bond donors (Lipinski definition) is 9. The van der Waals surface area contributed by atoms with Crippen LogP contribution in [0.1, 0.15) is 128 Å². The molecule has 12 nitrogen and oxygen atoms in total. The molecule has 1 heterocycles. The Morgan fingerprint density at radius 3 is 2.58 bits per heavy atom. The summed E-state index contributed by atoms with van der Waals surface area (Å²) in [5.74, 6) is -0.576. The number of rotatable bonds is 22. The van der Waals surface area contributed by atoms with Crippen LogP contribution in [-0.2, 0) is 26.1 Å². The molecule has 0 amide bonds. The second-order valence-electron chi connectivity index (χ2n) is 23.8. The maximum absolute atomic E-state index is 13.2. The molecule has 7 rings (SSSR count). The Morgan fingerprint density at radius 2 is 1.86 bits per heavy atom. The van der Waals surface area contributed by atoms with Gasteiger partial charge in [0.2, 0.25) is 0 Å². The first-order valence-electron chi connectivity index (χ1n) is 28.5. The molecule has 13 atom stereocenters. The normalized spacial score (nSPS) is 35.6. The number of aliphatic hydroxyl groups is 6. The topological polar surface area (TPSA) is 193 Å². The molecule has 4 fully saturated rings. The van der Waals surface area contributed by atoms with Crippen LogP contribution in [0, 0.1) is 40.9 Å². The van der Waals surface area contributed by atoms with Crippen LogP contribution in [0.2, 0.25) is 0 Å². The second-order valence-corrected chi connectivity index (χ2v) is 23.8. The average Bonchev–Trinajstić information content (AvgIpc) is 4.03. The largest absolute Gasteiger partial charge is 0.396 e. The number of aliphatic hydroxyl groups excluding tert-OH is 5. The maximum atomic E-state index is 13.2. The first-order chi connectivity index (χ1) is 35.6. The number of carbonyl (C=O) groups is 1. The molecule has 2 spiro atoms. The van der Waals surface area contributed by atoms with E-state index in [1.165, 1.54) is 16.7 Å². The fourth-order valence-corrected chi connectivity index (χ4v) is 15.5. The smallest absolute Gasteiger partial charge is 0.145 e. The van der Waals surface area contributed by atoms with E-state index in [4.69, 9.17) is 16.1 Å². The van der Waals surface area contributed by atoms with E-state index in [-0.39, 0.29) is 60.6 Å². The van der Waals surface area contributed by atoms with Crippen molar-refractivity contribution in [1.29, 1.82) is 0 Å². The van der Waals surface area contributed by atoms with Gasteiger partial charge in [-0.3, -0.25) is 4.79 Å². The number of ether oxygens (including phenoxy) is 2. The molecule has 0 radical (unpaired) electrons. The number of methoxy groups -OCH3 is 1. The Morgan fingerprint density at radius 1 is 1.07 bits per heavy atom. The third-order valence-electron chi connectivity index (χ3n) is 19.2. The highest BCUT2D eigenvalue weighted by molar-refractivity contribution is 5.74. The molecule has 1 aromatic rings. The monoisotopic (exact) mass is 1030 g/mol. The van der Waals surface area contributed by atoms with Crippen LogP contribution < -0.4 is 16.0 Å². The number of aldehydes is 1. The lowest BCUT2D eigenvalue weighted by molar-refractivity contribution is -0.194. The van der Waals surface area contributed by atoms with Gasteiger partial charge in [0, 0.05) is 67.7 Å². The molecule has 0 saturated heterocycles. The van der Waals surface area contributed by atoms with E-state index in [1.54, 1.807) is 0 Å². The number of allylic oxidation sites excluding steroid dienone is 9. The average molecular weight is 1030 g/mol. The summed E-state index contributed by atoms with van der Waals surface area (Å²) < 4.78 is 12.0. The molecule has 9 N–H and O–H groups in total. The summed E-state index contributed by atoms with van der Waals surface area (Å²) in [5.41, 5.74) is 4.87. The SMILES string of the molecule is C=C(/C=C/C=C(/COC[C@H](O)CO)[C@@H]1CC[C@]2([C@@H]1O)[C@@H]1C(=C(C)C=O)[C@@H](C=C[C@@H]1CCO)C[C@]2(O)CCNC)[C@@H]1C/C=C(\C)CN[C@](CCOC)([C@H]2CCC[C@H](NC[C@H](C)O)C2)Cc2cccc(c2)C12CCCC2. The highest BCUT2D eigenvalue weighted by Crippen LogP contribution is 2.67. The molecule has 412 valence electrons. The summed E-state index contributed by atoms with van der Waals surface area (Å²) in [6.45, 7) is 12.9. The van der Waals surface area contributed by atoms with Crippen LogP contribution in [0.4, 0.5) is 0 Å². The zero-order chi connectivity index (χ0) is 53.1. The Balaban J connectivity index is 1.23. The van der Waals surface area contributed by atoms with Crippen LogP contribution in [0.3, 0.4) is 0 Å². The number of carbonyl (C=O) groups excluding carboxylic acids is 1. The predicted octanol–water partition coefficient (Wildman–Crippen LogP) is 7.13. The highest BCUT2D eigenvalue weighted by Gasteiger charge is 2.68. The summed E-state index contributed by atoms with van der Waals surface area (Å²) in [5, 5.41) is 78.0. The highest BCUT2D eigenvalue weighted by atomic mass is 16.5. The zero-order valence-electron chi connectivity index (χ0n) is 45.7. The molecular formula is C62H95N3O9. The third-order valence-corrected chi connectivity index (χ3v) is 19.2. The molecule has 4 saturated carbocycles. The minimum atomic E-state index is -1.28. The molecular weight excluding hydrogens is 931 g/mol. The summed E-state index contributed by atoms with van der Waals surface area (Å²) in [4.78, 5) is 12.6. The van der Waals surface area contributed by atoms with E-state index >= 15 is 0 Å². The van der Waals surface area contributed by atoms with E-state index in [0.717, 1.165) is 100 Å². The number of benzene rings is 1. The fourth-order valence-electron chi connectivity index (χ4n) is 15.5. The molecule has 1 aliphatic heterocycles. The van der Waals surface area contributed by atoms with Gasteiger partial charge in [0.25, 0.3) is 0 Å². The Hall–Kier alpha value is -3.11. The molecule has 0 unspecified atom stereocenters. The van der Waals surface area contributed by atoms with E-state index < -0.39 is 35.7 Å². The van der Waals surface area contributed by atoms with Crippen LogP contribution in [0.25, 0.3) is 0 Å². The van der Waals surface area contributed by atoms with Gasteiger partial charge in [0.05, 0.1) is 37.6 Å². The van der Waals surface area contributed by atoms with Crippen molar-refractivity contribution in [2.45, 2.75) is 164 Å². The Labute approximate surface area is 443 Å².